The molecule has 0 bridgehead atoms. The predicted molar refractivity (Wildman–Crippen MR) is 343 cm³/mol. The van der Waals surface area contributed by atoms with E-state index in [2.05, 4.69) is 104 Å². The number of nitrogens with one attached hydrogen (secondary N) is 1. The zero-order valence-electron chi connectivity index (χ0n) is 52.3. The zero-order valence-corrected chi connectivity index (χ0v) is 53.2. The van der Waals surface area contributed by atoms with Crippen LogP contribution in [0.3, 0.4) is 0 Å². The van der Waals surface area contributed by atoms with E-state index in [-0.39, 0.29) is 19.1 Å². The average Bonchev–Trinajstić information content (AvgIpc) is 3.42. The van der Waals surface area contributed by atoms with Gasteiger partial charge < -0.3 is 28.8 Å². The Bertz CT molecular complexity index is 1610. The highest BCUT2D eigenvalue weighted by molar-refractivity contribution is 7.45. The number of hydrogen-bond donors (Lipinski definition) is 2. The number of aliphatic hydroxyl groups excluding tert-OH is 1. The van der Waals surface area contributed by atoms with Gasteiger partial charge in [0.25, 0.3) is 7.82 Å². The maximum atomic E-state index is 13.0. The first-order chi connectivity index (χ1) is 38.5. The highest BCUT2D eigenvalue weighted by atomic mass is 31.2. The minimum Gasteiger partial charge on any atom is -0.756 e. The Morgan fingerprint density at radius 2 is 0.772 bits per heavy atom. The minimum atomic E-state index is -4.61. The van der Waals surface area contributed by atoms with Crippen LogP contribution in [0, 0.1) is 0 Å². The van der Waals surface area contributed by atoms with Crippen LogP contribution in [-0.4, -0.2) is 68.5 Å². The van der Waals surface area contributed by atoms with Crippen molar-refractivity contribution >= 4 is 13.7 Å². The van der Waals surface area contributed by atoms with Crippen molar-refractivity contribution in [3.63, 3.8) is 0 Å². The van der Waals surface area contributed by atoms with Gasteiger partial charge in [0.05, 0.1) is 39.9 Å². The van der Waals surface area contributed by atoms with Crippen molar-refractivity contribution in [2.24, 2.45) is 0 Å². The molecule has 458 valence electrons. The number of allylic oxidation sites excluding steroid dienone is 15. The molecule has 0 heterocycles. The van der Waals surface area contributed by atoms with E-state index in [1.807, 2.05) is 27.2 Å². The summed E-state index contributed by atoms with van der Waals surface area (Å²) in [6.07, 6.45) is 86.4. The first-order valence-electron chi connectivity index (χ1n) is 33.1. The van der Waals surface area contributed by atoms with Crippen LogP contribution >= 0.6 is 7.82 Å². The summed E-state index contributed by atoms with van der Waals surface area (Å²) in [7, 11) is 1.25. The van der Waals surface area contributed by atoms with Crippen LogP contribution in [0.25, 0.3) is 0 Å². The summed E-state index contributed by atoms with van der Waals surface area (Å²) in [4.78, 5) is 25.6. The molecule has 9 heteroatoms. The summed E-state index contributed by atoms with van der Waals surface area (Å²) in [5, 5.41) is 13.9. The number of amides is 1. The summed E-state index contributed by atoms with van der Waals surface area (Å²) < 4.78 is 23.4. The molecule has 79 heavy (non-hydrogen) atoms. The smallest absolute Gasteiger partial charge is 0.268 e. The van der Waals surface area contributed by atoms with Gasteiger partial charge in [-0.3, -0.25) is 9.36 Å². The topological polar surface area (TPSA) is 108 Å². The lowest BCUT2D eigenvalue weighted by Gasteiger charge is -2.29. The number of quaternary nitrogens is 1. The molecule has 2 N–H and O–H groups in total. The standard InChI is InChI=1S/C70H127N2O6P/c1-6-8-10-12-14-16-18-20-22-24-26-28-30-32-34-35-36-37-38-40-42-44-46-48-50-52-54-56-58-60-62-64-70(74)71-68(67-78-79(75,76)77-66-65-72(3,4)5)69(73)63-61-59-57-55-53-51-49-47-45-43-41-39-33-31-29-27-25-23-21-19-17-15-13-11-9-7-2/h8,10,14,16,20,22,26,28,32,34,36-37,40,42,61,63,68-69,73H,6-7,9,11-13,15,17-19,21,23-25,27,29-31,33,35,38-39,41,43-60,62,64-67H2,1-5H3,(H-,71,74,75,76)/b10-8-,16-14-,22-20-,28-26-,34-32-,37-36-,42-40-,63-61+. The lowest BCUT2D eigenvalue weighted by molar-refractivity contribution is -0.870. The van der Waals surface area contributed by atoms with E-state index in [1.54, 1.807) is 6.08 Å². The second-order valence-corrected chi connectivity index (χ2v) is 24.9. The number of phosphoric ester groups is 1. The molecule has 1 amide bonds. The van der Waals surface area contributed by atoms with Gasteiger partial charge in [0.1, 0.15) is 13.2 Å². The predicted octanol–water partition coefficient (Wildman–Crippen LogP) is 20.3. The molecule has 0 aliphatic rings. The van der Waals surface area contributed by atoms with E-state index in [9.17, 15) is 19.4 Å². The van der Waals surface area contributed by atoms with Gasteiger partial charge in [-0.25, -0.2) is 0 Å². The highest BCUT2D eigenvalue weighted by Crippen LogP contribution is 2.38. The molecule has 0 aliphatic heterocycles. The van der Waals surface area contributed by atoms with Crippen LogP contribution in [0.15, 0.2) is 97.2 Å². The lowest BCUT2D eigenvalue weighted by atomic mass is 10.0. The van der Waals surface area contributed by atoms with Gasteiger partial charge in [-0.2, -0.15) is 0 Å². The third-order valence-corrected chi connectivity index (χ3v) is 15.5. The van der Waals surface area contributed by atoms with E-state index in [0.29, 0.717) is 17.4 Å². The molecule has 3 unspecified atom stereocenters. The Morgan fingerprint density at radius 1 is 0.456 bits per heavy atom. The number of aliphatic hydroxyl groups is 1. The molecule has 0 fully saturated rings. The maximum Gasteiger partial charge on any atom is 0.268 e. The Kier molecular flexibility index (Phi) is 58.1. The average molecular weight is 1120 g/mol. The van der Waals surface area contributed by atoms with Gasteiger partial charge in [0.2, 0.25) is 5.91 Å². The zero-order chi connectivity index (χ0) is 57.7. The number of carbonyl (C=O) groups is 1. The first kappa shape index (κ1) is 76.4. The number of nitrogens with zero attached hydrogens (tertiary/aromatic N) is 1. The molecular formula is C70H127N2O6P. The molecular weight excluding hydrogens is 996 g/mol. The molecule has 0 saturated heterocycles. The molecule has 0 aliphatic carbocycles. The summed E-state index contributed by atoms with van der Waals surface area (Å²) in [5.41, 5.74) is 0. The lowest BCUT2D eigenvalue weighted by Crippen LogP contribution is -2.45. The van der Waals surface area contributed by atoms with Crippen LogP contribution < -0.4 is 10.2 Å². The van der Waals surface area contributed by atoms with Crippen LogP contribution in [0.1, 0.15) is 290 Å². The summed E-state index contributed by atoms with van der Waals surface area (Å²) >= 11 is 0. The van der Waals surface area contributed by atoms with Crippen molar-refractivity contribution in [1.82, 2.24) is 5.32 Å². The highest BCUT2D eigenvalue weighted by Gasteiger charge is 2.23. The van der Waals surface area contributed by atoms with Crippen LogP contribution in [0.2, 0.25) is 0 Å². The van der Waals surface area contributed by atoms with Crippen LogP contribution in [-0.2, 0) is 18.4 Å². The molecule has 0 aromatic heterocycles. The summed E-state index contributed by atoms with van der Waals surface area (Å²) in [5.74, 6) is -0.204. The molecule has 0 aromatic rings. The van der Waals surface area contributed by atoms with Crippen LogP contribution in [0.5, 0.6) is 0 Å². The monoisotopic (exact) mass is 1120 g/mol. The van der Waals surface area contributed by atoms with Crippen molar-refractivity contribution in [3.05, 3.63) is 97.2 Å². The van der Waals surface area contributed by atoms with Crippen LogP contribution in [0.4, 0.5) is 0 Å². The van der Waals surface area contributed by atoms with Gasteiger partial charge in [-0.15, -0.1) is 0 Å². The Labute approximate surface area is 489 Å². The Balaban J connectivity index is 4.17. The van der Waals surface area contributed by atoms with E-state index in [4.69, 9.17) is 9.05 Å². The molecule has 3 atom stereocenters. The van der Waals surface area contributed by atoms with Crippen molar-refractivity contribution in [3.8, 4) is 0 Å². The number of carbonyl (C=O) groups excluding carboxylic acids is 1. The fourth-order valence-electron chi connectivity index (χ4n) is 9.43. The third-order valence-electron chi connectivity index (χ3n) is 14.5. The molecule has 0 rings (SSSR count). The van der Waals surface area contributed by atoms with Gasteiger partial charge in [-0.1, -0.05) is 304 Å². The number of phosphoric acid groups is 1. The SMILES string of the molecule is CC/C=C\C/C=C\C/C=C\C/C=C\C/C=C\C/C=C\C/C=C\CCCCCCCCCCCC(=O)NC(COP(=O)([O-])OCC[N+](C)(C)C)C(O)/C=C/CCCCCCCCCCCCCCCCCCCCCCCCCC. The Hall–Kier alpha value is -2.58. The molecule has 0 saturated carbocycles. The van der Waals surface area contributed by atoms with Crippen molar-refractivity contribution in [2.45, 2.75) is 302 Å². The van der Waals surface area contributed by atoms with Gasteiger partial charge in [-0.05, 0) is 77.0 Å². The summed E-state index contributed by atoms with van der Waals surface area (Å²) in [6.45, 7) is 4.55. The molecule has 0 spiro atoms. The third kappa shape index (κ3) is 62.9. The first-order valence-corrected chi connectivity index (χ1v) is 34.6. The Morgan fingerprint density at radius 3 is 1.13 bits per heavy atom. The molecule has 0 radical (unpaired) electrons. The minimum absolute atomic E-state index is 0.00616. The number of likely N-dealkylation sites (N-methyl/N-ethyl adjacent to an activating group) is 1. The number of hydrogen-bond acceptors (Lipinski definition) is 6. The quantitative estimate of drug-likeness (QED) is 0.0272. The van der Waals surface area contributed by atoms with Crippen molar-refractivity contribution < 1.29 is 32.9 Å². The maximum absolute atomic E-state index is 13.0. The van der Waals surface area contributed by atoms with Gasteiger partial charge in [0.15, 0.2) is 0 Å². The largest absolute Gasteiger partial charge is 0.756 e. The van der Waals surface area contributed by atoms with Crippen molar-refractivity contribution in [2.75, 3.05) is 40.9 Å². The fraction of sp³-hybridized carbons (Fsp3) is 0.757. The van der Waals surface area contributed by atoms with Crippen molar-refractivity contribution in [1.29, 1.82) is 0 Å². The molecule has 0 aromatic carbocycles. The van der Waals surface area contributed by atoms with E-state index in [0.717, 1.165) is 89.9 Å². The van der Waals surface area contributed by atoms with E-state index in [1.165, 1.54) is 180 Å². The molecule has 8 nitrogen and oxygen atoms in total. The second-order valence-electron chi connectivity index (χ2n) is 23.4. The fourth-order valence-corrected chi connectivity index (χ4v) is 10.2. The van der Waals surface area contributed by atoms with E-state index < -0.39 is 20.0 Å². The van der Waals surface area contributed by atoms with E-state index >= 15 is 0 Å². The van der Waals surface area contributed by atoms with Gasteiger partial charge >= 0.3 is 0 Å². The summed E-state index contributed by atoms with van der Waals surface area (Å²) in [6, 6.07) is -0.898. The normalized spacial score (nSPS) is 14.4. The van der Waals surface area contributed by atoms with Gasteiger partial charge in [0, 0.05) is 6.42 Å². The number of unbranched alkanes of at least 4 members (excludes halogenated alkanes) is 33. The number of rotatable bonds is 60. The second kappa shape index (κ2) is 60.0.